The minimum absolute atomic E-state index is 0.00286. The number of carbonyl (C=O) groups excluding carboxylic acids is 1. The molecule has 1 amide bonds. The van der Waals surface area contributed by atoms with Gasteiger partial charge in [0.05, 0.1) is 23.8 Å². The second-order valence-electron chi connectivity index (χ2n) is 8.74. The van der Waals surface area contributed by atoms with Crippen LogP contribution in [0.1, 0.15) is 37.5 Å². The van der Waals surface area contributed by atoms with E-state index in [0.29, 0.717) is 23.6 Å². The van der Waals surface area contributed by atoms with Crippen LogP contribution in [0.5, 0.6) is 11.5 Å². The largest absolute Gasteiger partial charge is 0.493 e. The van der Waals surface area contributed by atoms with Crippen molar-refractivity contribution in [3.8, 4) is 11.5 Å². The van der Waals surface area contributed by atoms with Gasteiger partial charge in [-0.25, -0.2) is 8.42 Å². The summed E-state index contributed by atoms with van der Waals surface area (Å²) in [5.41, 5.74) is 3.09. The van der Waals surface area contributed by atoms with Crippen LogP contribution >= 0.6 is 0 Å². The zero-order valence-corrected chi connectivity index (χ0v) is 22.3. The number of benzene rings is 3. The standard InChI is InChI=1S/C28H34N2O5S/c1-6-23-9-7-8-10-25(23)30(36(32,33)24-14-11-21(4)12-15-24)19-28(31)29-18-22-13-16-26(35-20(2)3)27(17-22)34-5/h7-17,20H,6,18-19H2,1-5H3,(H,29,31). The molecule has 0 radical (unpaired) electrons. The number of hydrogen-bond acceptors (Lipinski definition) is 5. The molecule has 8 heteroatoms. The summed E-state index contributed by atoms with van der Waals surface area (Å²) in [7, 11) is -2.41. The SMILES string of the molecule is CCc1ccccc1N(CC(=O)NCc1ccc(OC(C)C)c(OC)c1)S(=O)(=O)c1ccc(C)cc1. The number of nitrogens with zero attached hydrogens (tertiary/aromatic N) is 1. The highest BCUT2D eigenvalue weighted by molar-refractivity contribution is 7.92. The number of amides is 1. The lowest BCUT2D eigenvalue weighted by Gasteiger charge is -2.26. The van der Waals surface area contributed by atoms with Gasteiger partial charge in [-0.1, -0.05) is 48.9 Å². The Morgan fingerprint density at radius 2 is 1.69 bits per heavy atom. The van der Waals surface area contributed by atoms with Gasteiger partial charge in [-0.2, -0.15) is 0 Å². The molecule has 0 unspecified atom stereocenters. The highest BCUT2D eigenvalue weighted by Crippen LogP contribution is 2.30. The fourth-order valence-electron chi connectivity index (χ4n) is 3.75. The highest BCUT2D eigenvalue weighted by atomic mass is 32.2. The molecule has 36 heavy (non-hydrogen) atoms. The molecule has 0 aliphatic rings. The Morgan fingerprint density at radius 1 is 1.00 bits per heavy atom. The third-order valence-electron chi connectivity index (χ3n) is 5.62. The highest BCUT2D eigenvalue weighted by Gasteiger charge is 2.28. The molecule has 3 aromatic carbocycles. The fourth-order valence-corrected chi connectivity index (χ4v) is 5.21. The van der Waals surface area contributed by atoms with Crippen molar-refractivity contribution in [2.45, 2.75) is 51.7 Å². The maximum Gasteiger partial charge on any atom is 0.264 e. The molecule has 0 aliphatic carbocycles. The van der Waals surface area contributed by atoms with Gasteiger partial charge in [0.25, 0.3) is 10.0 Å². The number of methoxy groups -OCH3 is 1. The number of ether oxygens (including phenoxy) is 2. The Labute approximate surface area is 214 Å². The fraction of sp³-hybridized carbons (Fsp3) is 0.321. The van der Waals surface area contributed by atoms with Crippen molar-refractivity contribution in [1.82, 2.24) is 5.32 Å². The van der Waals surface area contributed by atoms with Gasteiger partial charge < -0.3 is 14.8 Å². The van der Waals surface area contributed by atoms with Crippen LogP contribution in [-0.2, 0) is 27.8 Å². The summed E-state index contributed by atoms with van der Waals surface area (Å²) in [6, 6.07) is 19.3. The first-order chi connectivity index (χ1) is 17.1. The summed E-state index contributed by atoms with van der Waals surface area (Å²) < 4.78 is 39.6. The summed E-state index contributed by atoms with van der Waals surface area (Å²) >= 11 is 0. The van der Waals surface area contributed by atoms with Crippen molar-refractivity contribution in [2.24, 2.45) is 0 Å². The number of para-hydroxylation sites is 1. The van der Waals surface area contributed by atoms with Crippen molar-refractivity contribution >= 4 is 21.6 Å². The summed E-state index contributed by atoms with van der Waals surface area (Å²) in [6.07, 6.45) is 0.624. The normalized spacial score (nSPS) is 11.3. The van der Waals surface area contributed by atoms with Crippen molar-refractivity contribution in [2.75, 3.05) is 18.0 Å². The van der Waals surface area contributed by atoms with Gasteiger partial charge >= 0.3 is 0 Å². The number of sulfonamides is 1. The number of anilines is 1. The van der Waals surface area contributed by atoms with Crippen LogP contribution in [0.3, 0.4) is 0 Å². The van der Waals surface area contributed by atoms with Crippen molar-refractivity contribution in [3.63, 3.8) is 0 Å². The molecule has 3 aromatic rings. The predicted octanol–water partition coefficient (Wildman–Crippen LogP) is 4.86. The van der Waals surface area contributed by atoms with E-state index in [1.807, 2.05) is 45.9 Å². The predicted molar refractivity (Wildman–Crippen MR) is 142 cm³/mol. The lowest BCUT2D eigenvalue weighted by atomic mass is 10.1. The Morgan fingerprint density at radius 3 is 2.33 bits per heavy atom. The molecular weight excluding hydrogens is 476 g/mol. The summed E-state index contributed by atoms with van der Waals surface area (Å²) in [4.78, 5) is 13.2. The molecule has 0 heterocycles. The van der Waals surface area contributed by atoms with Gasteiger partial charge in [-0.15, -0.1) is 0 Å². The maximum atomic E-state index is 13.6. The summed E-state index contributed by atoms with van der Waals surface area (Å²) in [5.74, 6) is 0.767. The molecule has 0 spiro atoms. The van der Waals surface area contributed by atoms with E-state index >= 15 is 0 Å². The molecule has 3 rings (SSSR count). The van der Waals surface area contributed by atoms with Crippen LogP contribution < -0.4 is 19.1 Å². The zero-order valence-electron chi connectivity index (χ0n) is 21.4. The molecule has 0 fully saturated rings. The monoisotopic (exact) mass is 510 g/mol. The van der Waals surface area contributed by atoms with E-state index < -0.39 is 15.9 Å². The minimum Gasteiger partial charge on any atom is -0.493 e. The van der Waals surface area contributed by atoms with Crippen LogP contribution in [0.15, 0.2) is 71.6 Å². The van der Waals surface area contributed by atoms with E-state index in [1.54, 1.807) is 55.6 Å². The Kier molecular flexibility index (Phi) is 8.98. The molecular formula is C28H34N2O5S. The zero-order chi connectivity index (χ0) is 26.3. The molecule has 192 valence electrons. The topological polar surface area (TPSA) is 84.9 Å². The van der Waals surface area contributed by atoms with Crippen LogP contribution in [0, 0.1) is 6.92 Å². The second-order valence-corrected chi connectivity index (χ2v) is 10.6. The third kappa shape index (κ3) is 6.57. The molecule has 0 saturated heterocycles. The van der Waals surface area contributed by atoms with Crippen LogP contribution in [0.4, 0.5) is 5.69 Å². The Hall–Kier alpha value is -3.52. The van der Waals surface area contributed by atoms with Crippen LogP contribution in [-0.4, -0.2) is 34.1 Å². The van der Waals surface area contributed by atoms with Gasteiger partial charge in [0, 0.05) is 6.54 Å². The van der Waals surface area contributed by atoms with E-state index in [9.17, 15) is 13.2 Å². The van der Waals surface area contributed by atoms with E-state index in [-0.39, 0.29) is 24.1 Å². The van der Waals surface area contributed by atoms with E-state index in [1.165, 1.54) is 4.31 Å². The van der Waals surface area contributed by atoms with Crippen molar-refractivity contribution in [1.29, 1.82) is 0 Å². The van der Waals surface area contributed by atoms with Gasteiger partial charge in [0.15, 0.2) is 11.5 Å². The minimum atomic E-state index is -3.97. The number of aryl methyl sites for hydroxylation is 2. The van der Waals surface area contributed by atoms with Gasteiger partial charge in [0.2, 0.25) is 5.91 Å². The molecule has 1 N–H and O–H groups in total. The third-order valence-corrected chi connectivity index (χ3v) is 7.39. The number of hydrogen-bond donors (Lipinski definition) is 1. The lowest BCUT2D eigenvalue weighted by Crippen LogP contribution is -2.41. The molecule has 0 atom stereocenters. The Bertz CT molecular complexity index is 1290. The number of carbonyl (C=O) groups is 1. The van der Waals surface area contributed by atoms with Gasteiger partial charge in [-0.3, -0.25) is 9.10 Å². The second kappa shape index (κ2) is 11.9. The first kappa shape index (κ1) is 27.1. The van der Waals surface area contributed by atoms with Crippen LogP contribution in [0.25, 0.3) is 0 Å². The maximum absolute atomic E-state index is 13.6. The molecule has 0 bridgehead atoms. The van der Waals surface area contributed by atoms with Crippen molar-refractivity contribution in [3.05, 3.63) is 83.4 Å². The van der Waals surface area contributed by atoms with Crippen LogP contribution in [0.2, 0.25) is 0 Å². The average Bonchev–Trinajstić information content (AvgIpc) is 2.86. The molecule has 0 saturated carbocycles. The molecule has 0 aromatic heterocycles. The quantitative estimate of drug-likeness (QED) is 0.398. The van der Waals surface area contributed by atoms with Crippen molar-refractivity contribution < 1.29 is 22.7 Å². The first-order valence-electron chi connectivity index (χ1n) is 11.9. The lowest BCUT2D eigenvalue weighted by molar-refractivity contribution is -0.119. The van der Waals surface area contributed by atoms with E-state index in [0.717, 1.165) is 16.7 Å². The summed E-state index contributed by atoms with van der Waals surface area (Å²) in [5, 5.41) is 2.84. The van der Waals surface area contributed by atoms with E-state index in [2.05, 4.69) is 5.32 Å². The summed E-state index contributed by atoms with van der Waals surface area (Å²) in [6.45, 7) is 7.57. The van der Waals surface area contributed by atoms with E-state index in [4.69, 9.17) is 9.47 Å². The van der Waals surface area contributed by atoms with Gasteiger partial charge in [-0.05, 0) is 68.7 Å². The number of nitrogens with one attached hydrogen (secondary N) is 1. The van der Waals surface area contributed by atoms with Gasteiger partial charge in [0.1, 0.15) is 6.54 Å². The average molecular weight is 511 g/mol. The molecule has 7 nitrogen and oxygen atoms in total. The number of rotatable bonds is 11. The molecule has 0 aliphatic heterocycles. The Balaban J connectivity index is 1.84. The first-order valence-corrected chi connectivity index (χ1v) is 13.4. The smallest absolute Gasteiger partial charge is 0.264 e.